The first-order chi connectivity index (χ1) is 6.93. The van der Waals surface area contributed by atoms with Crippen LogP contribution in [-0.2, 0) is 14.3 Å². The zero-order valence-corrected chi connectivity index (χ0v) is 9.77. The third-order valence-electron chi connectivity index (χ3n) is 3.46. The maximum Gasteiger partial charge on any atom is 0.302 e. The maximum absolute atomic E-state index is 10.7. The molecule has 2 unspecified atom stereocenters. The van der Waals surface area contributed by atoms with E-state index in [2.05, 4.69) is 13.8 Å². The first-order valence-corrected chi connectivity index (χ1v) is 5.40. The lowest BCUT2D eigenvalue weighted by atomic mass is 9.79. The van der Waals surface area contributed by atoms with Gasteiger partial charge in [0.05, 0.1) is 6.10 Å². The molecule has 1 heterocycles. The summed E-state index contributed by atoms with van der Waals surface area (Å²) in [6.07, 6.45) is -0.952. The van der Waals surface area contributed by atoms with Crippen molar-refractivity contribution in [1.82, 2.24) is 0 Å². The van der Waals surface area contributed by atoms with Crippen molar-refractivity contribution in [2.24, 2.45) is 17.8 Å². The van der Waals surface area contributed by atoms with Gasteiger partial charge < -0.3 is 14.6 Å². The second-order valence-corrected chi connectivity index (χ2v) is 4.45. The molecule has 1 aliphatic rings. The lowest BCUT2D eigenvalue weighted by Crippen LogP contribution is -2.46. The molecule has 0 bridgehead atoms. The van der Waals surface area contributed by atoms with E-state index in [1.807, 2.05) is 6.92 Å². The first-order valence-electron chi connectivity index (χ1n) is 5.40. The third kappa shape index (κ3) is 2.92. The molecule has 0 saturated carbocycles. The normalized spacial score (nSPS) is 41.3. The summed E-state index contributed by atoms with van der Waals surface area (Å²) in [5.41, 5.74) is 0. The van der Waals surface area contributed by atoms with Gasteiger partial charge in [-0.1, -0.05) is 20.8 Å². The monoisotopic (exact) mass is 216 g/mol. The van der Waals surface area contributed by atoms with Crippen LogP contribution < -0.4 is 0 Å². The van der Waals surface area contributed by atoms with Crippen LogP contribution in [0.15, 0.2) is 0 Å². The Morgan fingerprint density at radius 2 is 1.87 bits per heavy atom. The molecule has 0 aliphatic carbocycles. The molecule has 0 aromatic heterocycles. The topological polar surface area (TPSA) is 55.8 Å². The summed E-state index contributed by atoms with van der Waals surface area (Å²) >= 11 is 0. The van der Waals surface area contributed by atoms with Gasteiger partial charge in [0, 0.05) is 12.8 Å². The van der Waals surface area contributed by atoms with Crippen LogP contribution in [0.25, 0.3) is 0 Å². The van der Waals surface area contributed by atoms with Crippen molar-refractivity contribution in [2.75, 3.05) is 6.61 Å². The molecule has 1 saturated heterocycles. The molecule has 1 rings (SSSR count). The van der Waals surface area contributed by atoms with Crippen LogP contribution in [-0.4, -0.2) is 30.1 Å². The Labute approximate surface area is 90.6 Å². The van der Waals surface area contributed by atoms with Crippen LogP contribution in [0.1, 0.15) is 27.7 Å². The summed E-state index contributed by atoms with van der Waals surface area (Å²) in [5, 5.41) is 9.64. The van der Waals surface area contributed by atoms with Gasteiger partial charge in [0.15, 0.2) is 6.29 Å². The molecule has 0 aromatic rings. The van der Waals surface area contributed by atoms with E-state index in [0.29, 0.717) is 5.92 Å². The molecule has 5 atom stereocenters. The highest BCUT2D eigenvalue weighted by Crippen LogP contribution is 2.33. The average Bonchev–Trinajstić information content (AvgIpc) is 2.18. The minimum absolute atomic E-state index is 0.119. The second kappa shape index (κ2) is 4.94. The molecule has 1 aliphatic heterocycles. The van der Waals surface area contributed by atoms with Crippen molar-refractivity contribution in [3.05, 3.63) is 0 Å². The van der Waals surface area contributed by atoms with Crippen LogP contribution in [0.2, 0.25) is 0 Å². The second-order valence-electron chi connectivity index (χ2n) is 4.45. The zero-order valence-electron chi connectivity index (χ0n) is 9.77. The summed E-state index contributed by atoms with van der Waals surface area (Å²) in [4.78, 5) is 10.7. The Morgan fingerprint density at radius 3 is 2.40 bits per heavy atom. The Balaban J connectivity index is 2.54. The molecule has 4 heteroatoms. The molecule has 1 N–H and O–H groups in total. The number of hydrogen-bond donors (Lipinski definition) is 1. The van der Waals surface area contributed by atoms with E-state index in [0.717, 1.165) is 0 Å². The smallest absolute Gasteiger partial charge is 0.302 e. The largest absolute Gasteiger partial charge is 0.463 e. The van der Waals surface area contributed by atoms with Crippen molar-refractivity contribution < 1.29 is 19.4 Å². The summed E-state index contributed by atoms with van der Waals surface area (Å²) in [5.74, 6) is 0.442. The number of rotatable bonds is 2. The predicted octanol–water partition coefficient (Wildman–Crippen LogP) is 1.17. The Hall–Kier alpha value is -0.610. The van der Waals surface area contributed by atoms with Crippen LogP contribution in [0, 0.1) is 17.8 Å². The molecule has 0 aromatic carbocycles. The Kier molecular flexibility index (Phi) is 4.11. The highest BCUT2D eigenvalue weighted by molar-refractivity contribution is 5.65. The minimum atomic E-state index is -0.753. The van der Waals surface area contributed by atoms with E-state index >= 15 is 0 Å². The van der Waals surface area contributed by atoms with Gasteiger partial charge in [0.2, 0.25) is 0 Å². The summed E-state index contributed by atoms with van der Waals surface area (Å²) in [7, 11) is 0. The Bertz CT molecular complexity index is 229. The highest BCUT2D eigenvalue weighted by atomic mass is 16.6. The molecule has 88 valence electrons. The zero-order chi connectivity index (χ0) is 11.6. The lowest BCUT2D eigenvalue weighted by Gasteiger charge is -2.41. The fourth-order valence-corrected chi connectivity index (χ4v) is 1.89. The standard InChI is InChI=1S/C11H20O4/c1-6-7(2)10(5-14-9(4)12)15-11(13)8(6)3/h6-8,10-11,13H,5H2,1-4H3/t6-,7-,8?,10?,11+/m0/s1. The van der Waals surface area contributed by atoms with Crippen molar-refractivity contribution in [3.63, 3.8) is 0 Å². The summed E-state index contributed by atoms with van der Waals surface area (Å²) < 4.78 is 10.3. The number of esters is 1. The highest BCUT2D eigenvalue weighted by Gasteiger charge is 2.38. The lowest BCUT2D eigenvalue weighted by molar-refractivity contribution is -0.234. The van der Waals surface area contributed by atoms with Gasteiger partial charge in [-0.05, 0) is 11.8 Å². The van der Waals surface area contributed by atoms with Gasteiger partial charge in [-0.3, -0.25) is 4.79 Å². The van der Waals surface area contributed by atoms with Crippen LogP contribution in [0.4, 0.5) is 0 Å². The van der Waals surface area contributed by atoms with Gasteiger partial charge in [-0.25, -0.2) is 0 Å². The van der Waals surface area contributed by atoms with Crippen molar-refractivity contribution in [2.45, 2.75) is 40.1 Å². The van der Waals surface area contributed by atoms with Gasteiger partial charge in [0.25, 0.3) is 0 Å². The van der Waals surface area contributed by atoms with Crippen molar-refractivity contribution in [3.8, 4) is 0 Å². The number of carbonyl (C=O) groups excluding carboxylic acids is 1. The van der Waals surface area contributed by atoms with E-state index in [4.69, 9.17) is 9.47 Å². The average molecular weight is 216 g/mol. The van der Waals surface area contributed by atoms with E-state index in [-0.39, 0.29) is 30.5 Å². The molecule has 4 nitrogen and oxygen atoms in total. The first kappa shape index (κ1) is 12.5. The maximum atomic E-state index is 10.7. The van der Waals surface area contributed by atoms with Gasteiger partial charge in [-0.2, -0.15) is 0 Å². The molecular formula is C11H20O4. The van der Waals surface area contributed by atoms with Crippen molar-refractivity contribution >= 4 is 5.97 Å². The molecule has 1 fully saturated rings. The van der Waals surface area contributed by atoms with Crippen LogP contribution in [0.5, 0.6) is 0 Å². The molecule has 0 spiro atoms. The van der Waals surface area contributed by atoms with Gasteiger partial charge in [0.1, 0.15) is 6.61 Å². The SMILES string of the molecule is CC(=O)OCC1O[C@@H](O)C(C)[C@@H](C)[C@@H]1C. The predicted molar refractivity (Wildman–Crippen MR) is 55.0 cm³/mol. The minimum Gasteiger partial charge on any atom is -0.463 e. The fourth-order valence-electron chi connectivity index (χ4n) is 1.89. The Morgan fingerprint density at radius 1 is 1.27 bits per heavy atom. The van der Waals surface area contributed by atoms with E-state index in [9.17, 15) is 9.90 Å². The molecule has 0 radical (unpaired) electrons. The molecular weight excluding hydrogens is 196 g/mol. The van der Waals surface area contributed by atoms with E-state index in [1.165, 1.54) is 6.92 Å². The van der Waals surface area contributed by atoms with Crippen molar-refractivity contribution in [1.29, 1.82) is 0 Å². The van der Waals surface area contributed by atoms with Crippen LogP contribution in [0.3, 0.4) is 0 Å². The number of ether oxygens (including phenoxy) is 2. The fraction of sp³-hybridized carbons (Fsp3) is 0.909. The number of carbonyl (C=O) groups is 1. The van der Waals surface area contributed by atoms with E-state index < -0.39 is 6.29 Å². The molecule has 15 heavy (non-hydrogen) atoms. The van der Waals surface area contributed by atoms with Gasteiger partial charge >= 0.3 is 5.97 Å². The quantitative estimate of drug-likeness (QED) is 0.704. The number of aliphatic hydroxyl groups is 1. The van der Waals surface area contributed by atoms with Crippen LogP contribution >= 0.6 is 0 Å². The van der Waals surface area contributed by atoms with Gasteiger partial charge in [-0.15, -0.1) is 0 Å². The van der Waals surface area contributed by atoms with E-state index in [1.54, 1.807) is 0 Å². The summed E-state index contributed by atoms with van der Waals surface area (Å²) in [6, 6.07) is 0. The third-order valence-corrected chi connectivity index (χ3v) is 3.46. The number of hydrogen-bond acceptors (Lipinski definition) is 4. The molecule has 0 amide bonds. The number of aliphatic hydroxyl groups excluding tert-OH is 1. The summed E-state index contributed by atoms with van der Waals surface area (Å²) in [6.45, 7) is 7.71.